The minimum absolute atomic E-state index is 0.0183. The Hall–Kier alpha value is 0.351. The van der Waals surface area contributed by atoms with Crippen LogP contribution in [-0.2, 0) is 0 Å². The van der Waals surface area contributed by atoms with E-state index in [1.807, 2.05) is 0 Å². The van der Waals surface area contributed by atoms with Crippen LogP contribution in [0.1, 0.15) is 13.8 Å². The molecule has 0 aliphatic heterocycles. The van der Waals surface area contributed by atoms with Crippen LogP contribution in [0.5, 0.6) is 0 Å². The molecule has 15 heavy (non-hydrogen) atoms. The molecule has 90 valence electrons. The van der Waals surface area contributed by atoms with Gasteiger partial charge in [-0.3, -0.25) is 0 Å². The third-order valence-electron chi connectivity index (χ3n) is 3.07. The van der Waals surface area contributed by atoms with Gasteiger partial charge in [0.15, 0.2) is 0 Å². The predicted molar refractivity (Wildman–Crippen MR) is 79.6 cm³/mol. The minimum Gasteiger partial charge on any atom is -0.400 e. The Labute approximate surface area is 99.8 Å². The third-order valence-corrected chi connectivity index (χ3v) is 19.2. The molecule has 0 saturated heterocycles. The van der Waals surface area contributed by atoms with Gasteiger partial charge in [0.05, 0.1) is 8.07 Å². The summed E-state index contributed by atoms with van der Waals surface area (Å²) < 4.78 is 0. The zero-order chi connectivity index (χ0) is 12.1. The van der Waals surface area contributed by atoms with Gasteiger partial charge in [-0.2, -0.15) is 0 Å². The van der Waals surface area contributed by atoms with E-state index < -0.39 is 16.1 Å². The highest BCUT2D eigenvalue weighted by atomic mass is 28.4. The summed E-state index contributed by atoms with van der Waals surface area (Å²) >= 11 is 0. The number of aliphatic hydroxyl groups is 1. The van der Waals surface area contributed by atoms with Gasteiger partial charge in [-0.05, 0) is 13.8 Å². The first kappa shape index (κ1) is 15.4. The van der Waals surface area contributed by atoms with Crippen molar-refractivity contribution in [1.29, 1.82) is 0 Å². The van der Waals surface area contributed by atoms with E-state index in [9.17, 15) is 5.11 Å². The SMILES string of the molecule is CC=C(C)[SiH2]C[Si](C)(C)C[Si](C)(C)CO. The van der Waals surface area contributed by atoms with Crippen LogP contribution in [0.3, 0.4) is 0 Å². The Morgan fingerprint density at radius 3 is 2.13 bits per heavy atom. The molecule has 0 aromatic carbocycles. The topological polar surface area (TPSA) is 20.2 Å². The number of aliphatic hydroxyl groups excluding tert-OH is 1. The van der Waals surface area contributed by atoms with Crippen LogP contribution in [0, 0.1) is 0 Å². The fraction of sp³-hybridized carbons (Fsp3) is 0.818. The zero-order valence-corrected chi connectivity index (χ0v) is 14.8. The van der Waals surface area contributed by atoms with E-state index in [1.165, 1.54) is 11.3 Å². The second-order valence-electron chi connectivity index (χ2n) is 6.30. The lowest BCUT2D eigenvalue weighted by Crippen LogP contribution is -2.43. The van der Waals surface area contributed by atoms with Crippen LogP contribution in [0.4, 0.5) is 0 Å². The Balaban J connectivity index is 4.19. The summed E-state index contributed by atoms with van der Waals surface area (Å²) in [6.07, 6.45) is 2.75. The Morgan fingerprint density at radius 2 is 1.73 bits per heavy atom. The van der Waals surface area contributed by atoms with Gasteiger partial charge in [0.1, 0.15) is 0 Å². The number of allylic oxidation sites excluding steroid dienone is 2. The monoisotopic (exact) mass is 260 g/mol. The van der Waals surface area contributed by atoms with Gasteiger partial charge < -0.3 is 5.11 Å². The quantitative estimate of drug-likeness (QED) is 0.728. The lowest BCUT2D eigenvalue weighted by Gasteiger charge is -2.30. The van der Waals surface area contributed by atoms with Crippen molar-refractivity contribution in [2.45, 2.75) is 51.4 Å². The smallest absolute Gasteiger partial charge is 0.0747 e. The Morgan fingerprint density at radius 1 is 1.20 bits per heavy atom. The lowest BCUT2D eigenvalue weighted by atomic mass is 10.6. The van der Waals surface area contributed by atoms with E-state index in [0.717, 1.165) is 0 Å². The molecule has 0 radical (unpaired) electrons. The first-order chi connectivity index (χ1) is 6.72. The number of rotatable bonds is 6. The van der Waals surface area contributed by atoms with Gasteiger partial charge >= 0.3 is 0 Å². The van der Waals surface area contributed by atoms with Crippen molar-refractivity contribution in [2.24, 2.45) is 0 Å². The summed E-state index contributed by atoms with van der Waals surface area (Å²) in [4.78, 5) is 0. The van der Waals surface area contributed by atoms with Crippen LogP contribution in [0.15, 0.2) is 11.3 Å². The van der Waals surface area contributed by atoms with E-state index in [2.05, 4.69) is 46.1 Å². The fourth-order valence-electron chi connectivity index (χ4n) is 2.12. The first-order valence-electron chi connectivity index (χ1n) is 5.95. The third kappa shape index (κ3) is 7.27. The molecular weight excluding hydrogens is 232 g/mol. The molecule has 0 bridgehead atoms. The minimum atomic E-state index is -1.27. The lowest BCUT2D eigenvalue weighted by molar-refractivity contribution is 0.358. The average Bonchev–Trinajstić information content (AvgIpc) is 2.13. The van der Waals surface area contributed by atoms with Gasteiger partial charge in [-0.1, -0.05) is 48.8 Å². The molecule has 0 aromatic heterocycles. The fourth-order valence-corrected chi connectivity index (χ4v) is 19.8. The van der Waals surface area contributed by atoms with Gasteiger partial charge in [-0.15, -0.1) is 0 Å². The van der Waals surface area contributed by atoms with Crippen molar-refractivity contribution >= 4 is 25.7 Å². The molecular formula is C11H28OSi3. The maximum atomic E-state index is 9.36. The van der Waals surface area contributed by atoms with Crippen molar-refractivity contribution in [3.63, 3.8) is 0 Å². The maximum Gasteiger partial charge on any atom is 0.0747 e. The largest absolute Gasteiger partial charge is 0.400 e. The van der Waals surface area contributed by atoms with Crippen molar-refractivity contribution in [3.05, 3.63) is 11.3 Å². The summed E-state index contributed by atoms with van der Waals surface area (Å²) in [5, 5.41) is 11.0. The molecule has 0 aliphatic carbocycles. The molecule has 4 heteroatoms. The van der Waals surface area contributed by atoms with E-state index >= 15 is 0 Å². The van der Waals surface area contributed by atoms with Crippen molar-refractivity contribution in [3.8, 4) is 0 Å². The van der Waals surface area contributed by atoms with Gasteiger partial charge in [-0.25, -0.2) is 0 Å². The molecule has 0 heterocycles. The zero-order valence-electron chi connectivity index (χ0n) is 11.4. The standard InChI is InChI=1S/C11H28OSi3/c1-7-11(2)13-9-15(5,6)10-14(3,4)8-12/h7,12H,8-10,13H2,1-6H3. The average molecular weight is 261 g/mol. The number of hydrogen-bond donors (Lipinski definition) is 1. The second kappa shape index (κ2) is 6.18. The highest BCUT2D eigenvalue weighted by molar-refractivity contribution is 6.98. The van der Waals surface area contributed by atoms with E-state index in [4.69, 9.17) is 0 Å². The van der Waals surface area contributed by atoms with Crippen LogP contribution < -0.4 is 0 Å². The van der Waals surface area contributed by atoms with E-state index in [0.29, 0.717) is 6.23 Å². The summed E-state index contributed by atoms with van der Waals surface area (Å²) in [6.45, 7) is 14.1. The van der Waals surface area contributed by atoms with Gasteiger partial charge in [0, 0.05) is 23.8 Å². The number of hydrogen-bond acceptors (Lipinski definition) is 1. The first-order valence-corrected chi connectivity index (χ1v) is 14.5. The predicted octanol–water partition coefficient (Wildman–Crippen LogP) is 2.52. The molecule has 0 saturated carbocycles. The van der Waals surface area contributed by atoms with E-state index in [1.54, 1.807) is 5.20 Å². The van der Waals surface area contributed by atoms with Crippen LogP contribution >= 0.6 is 0 Å². The molecule has 0 amide bonds. The van der Waals surface area contributed by atoms with Crippen LogP contribution in [-0.4, -0.2) is 37.0 Å². The second-order valence-corrected chi connectivity index (χ2v) is 20.3. The van der Waals surface area contributed by atoms with Crippen molar-refractivity contribution in [1.82, 2.24) is 0 Å². The molecule has 1 N–H and O–H groups in total. The summed E-state index contributed by atoms with van der Waals surface area (Å²) in [6, 6.07) is 0. The van der Waals surface area contributed by atoms with Crippen LogP contribution in [0.2, 0.25) is 37.5 Å². The highest BCUT2D eigenvalue weighted by Gasteiger charge is 2.31. The Kier molecular flexibility index (Phi) is 6.32. The molecule has 0 aliphatic rings. The van der Waals surface area contributed by atoms with E-state index in [-0.39, 0.29) is 9.52 Å². The molecule has 1 nitrogen and oxygen atoms in total. The van der Waals surface area contributed by atoms with Crippen molar-refractivity contribution in [2.75, 3.05) is 6.23 Å². The van der Waals surface area contributed by atoms with Crippen molar-refractivity contribution < 1.29 is 5.11 Å². The van der Waals surface area contributed by atoms with Gasteiger partial charge in [0.25, 0.3) is 0 Å². The maximum absolute atomic E-state index is 9.36. The highest BCUT2D eigenvalue weighted by Crippen LogP contribution is 2.23. The summed E-state index contributed by atoms with van der Waals surface area (Å²) in [5.41, 5.74) is 2.90. The molecule has 0 atom stereocenters. The summed E-state index contributed by atoms with van der Waals surface area (Å²) in [5.74, 6) is 0. The molecule has 0 unspecified atom stereocenters. The molecule has 0 spiro atoms. The summed E-state index contributed by atoms with van der Waals surface area (Å²) in [7, 11) is -2.27. The Bertz CT molecular complexity index is 222. The van der Waals surface area contributed by atoms with Gasteiger partial charge in [0.2, 0.25) is 0 Å². The molecule has 0 rings (SSSR count). The normalized spacial score (nSPS) is 15.3. The van der Waals surface area contributed by atoms with Crippen LogP contribution in [0.25, 0.3) is 0 Å². The molecule has 0 aromatic rings. The molecule has 0 fully saturated rings.